The SMILES string of the molecule is COc1cc(C)nc(COC2COC3(CCNCC3)C2)c1. The highest BCUT2D eigenvalue weighted by Crippen LogP contribution is 2.35. The van der Waals surface area contributed by atoms with Gasteiger partial charge in [-0.25, -0.2) is 0 Å². The molecule has 1 atom stereocenters. The van der Waals surface area contributed by atoms with Gasteiger partial charge < -0.3 is 19.5 Å². The number of nitrogens with zero attached hydrogens (tertiary/aromatic N) is 1. The molecule has 21 heavy (non-hydrogen) atoms. The zero-order chi connectivity index (χ0) is 14.7. The van der Waals surface area contributed by atoms with Crippen molar-refractivity contribution in [3.05, 3.63) is 23.5 Å². The molecule has 2 saturated heterocycles. The Morgan fingerprint density at radius 1 is 1.38 bits per heavy atom. The van der Waals surface area contributed by atoms with E-state index in [1.54, 1.807) is 7.11 Å². The number of rotatable bonds is 4. The highest BCUT2D eigenvalue weighted by molar-refractivity contribution is 5.26. The van der Waals surface area contributed by atoms with E-state index < -0.39 is 0 Å². The minimum absolute atomic E-state index is 0.0492. The zero-order valence-corrected chi connectivity index (χ0v) is 12.9. The third-order valence-electron chi connectivity index (χ3n) is 4.37. The fourth-order valence-corrected chi connectivity index (χ4v) is 3.24. The summed E-state index contributed by atoms with van der Waals surface area (Å²) in [4.78, 5) is 4.49. The van der Waals surface area contributed by atoms with Crippen molar-refractivity contribution in [2.75, 3.05) is 26.8 Å². The Morgan fingerprint density at radius 2 is 2.19 bits per heavy atom. The highest BCUT2D eigenvalue weighted by atomic mass is 16.6. The van der Waals surface area contributed by atoms with Crippen molar-refractivity contribution in [3.63, 3.8) is 0 Å². The van der Waals surface area contributed by atoms with Crippen LogP contribution in [0.3, 0.4) is 0 Å². The molecule has 0 saturated carbocycles. The molecule has 0 aliphatic carbocycles. The second-order valence-corrected chi connectivity index (χ2v) is 6.02. The van der Waals surface area contributed by atoms with Crippen LogP contribution in [0.4, 0.5) is 0 Å². The molecule has 0 bridgehead atoms. The summed E-state index contributed by atoms with van der Waals surface area (Å²) in [6.07, 6.45) is 3.35. The van der Waals surface area contributed by atoms with Gasteiger partial charge in [-0.3, -0.25) is 4.98 Å². The number of piperidine rings is 1. The maximum absolute atomic E-state index is 6.04. The fraction of sp³-hybridized carbons (Fsp3) is 0.688. The molecule has 1 unspecified atom stereocenters. The van der Waals surface area contributed by atoms with Gasteiger partial charge in [0.2, 0.25) is 0 Å². The molecule has 1 spiro atoms. The summed E-state index contributed by atoms with van der Waals surface area (Å²) in [6, 6.07) is 3.86. The van der Waals surface area contributed by atoms with Crippen molar-refractivity contribution in [2.45, 2.75) is 44.5 Å². The van der Waals surface area contributed by atoms with Crippen molar-refractivity contribution in [1.29, 1.82) is 0 Å². The maximum atomic E-state index is 6.04. The number of aromatic nitrogens is 1. The Kier molecular flexibility index (Phi) is 4.42. The normalized spacial score (nSPS) is 24.4. The molecule has 0 amide bonds. The Labute approximate surface area is 126 Å². The average Bonchev–Trinajstić information content (AvgIpc) is 2.88. The molecular weight excluding hydrogens is 268 g/mol. The summed E-state index contributed by atoms with van der Waals surface area (Å²) in [5, 5.41) is 3.38. The van der Waals surface area contributed by atoms with Crippen molar-refractivity contribution in [2.24, 2.45) is 0 Å². The summed E-state index contributed by atoms with van der Waals surface area (Å²) < 4.78 is 17.3. The van der Waals surface area contributed by atoms with Gasteiger partial charge in [-0.1, -0.05) is 0 Å². The first-order chi connectivity index (χ1) is 10.2. The number of aryl methyl sites for hydroxylation is 1. The quantitative estimate of drug-likeness (QED) is 0.917. The second-order valence-electron chi connectivity index (χ2n) is 6.02. The van der Waals surface area contributed by atoms with Crippen LogP contribution in [-0.2, 0) is 16.1 Å². The van der Waals surface area contributed by atoms with Gasteiger partial charge in [0.1, 0.15) is 5.75 Å². The predicted molar refractivity (Wildman–Crippen MR) is 79.5 cm³/mol. The van der Waals surface area contributed by atoms with Gasteiger partial charge in [0.15, 0.2) is 0 Å². The minimum atomic E-state index is 0.0492. The zero-order valence-electron chi connectivity index (χ0n) is 12.9. The van der Waals surface area contributed by atoms with Crippen LogP contribution in [0.1, 0.15) is 30.7 Å². The van der Waals surface area contributed by atoms with E-state index in [0.717, 1.165) is 49.5 Å². The molecule has 1 aromatic rings. The summed E-state index contributed by atoms with van der Waals surface area (Å²) in [7, 11) is 1.67. The number of pyridine rings is 1. The fourth-order valence-electron chi connectivity index (χ4n) is 3.24. The van der Waals surface area contributed by atoms with Crippen LogP contribution < -0.4 is 10.1 Å². The van der Waals surface area contributed by atoms with E-state index in [1.165, 1.54) is 0 Å². The van der Waals surface area contributed by atoms with Gasteiger partial charge in [0.25, 0.3) is 0 Å². The maximum Gasteiger partial charge on any atom is 0.122 e. The summed E-state index contributed by atoms with van der Waals surface area (Å²) in [5.74, 6) is 0.832. The topological polar surface area (TPSA) is 52.6 Å². The third kappa shape index (κ3) is 3.54. The number of hydrogen-bond donors (Lipinski definition) is 1. The summed E-state index contributed by atoms with van der Waals surface area (Å²) in [5.41, 5.74) is 1.91. The van der Waals surface area contributed by atoms with Crippen molar-refractivity contribution in [3.8, 4) is 5.75 Å². The first kappa shape index (κ1) is 14.8. The molecule has 116 valence electrons. The lowest BCUT2D eigenvalue weighted by Crippen LogP contribution is -2.41. The number of ether oxygens (including phenoxy) is 3. The third-order valence-corrected chi connectivity index (χ3v) is 4.37. The first-order valence-electron chi connectivity index (χ1n) is 7.67. The number of hydrogen-bond acceptors (Lipinski definition) is 5. The average molecular weight is 292 g/mol. The van der Waals surface area contributed by atoms with Crippen LogP contribution in [-0.4, -0.2) is 43.5 Å². The van der Waals surface area contributed by atoms with Crippen LogP contribution in [0.2, 0.25) is 0 Å². The molecular formula is C16H24N2O3. The van der Waals surface area contributed by atoms with Gasteiger partial charge >= 0.3 is 0 Å². The summed E-state index contributed by atoms with van der Waals surface area (Å²) in [6.45, 7) is 5.27. The summed E-state index contributed by atoms with van der Waals surface area (Å²) >= 11 is 0. The highest BCUT2D eigenvalue weighted by Gasteiger charge is 2.41. The molecule has 3 heterocycles. The van der Waals surface area contributed by atoms with Crippen molar-refractivity contribution < 1.29 is 14.2 Å². The Balaban J connectivity index is 1.55. The number of nitrogens with one attached hydrogen (secondary N) is 1. The van der Waals surface area contributed by atoms with Crippen LogP contribution in [0.25, 0.3) is 0 Å². The molecule has 2 aliphatic heterocycles. The molecule has 1 N–H and O–H groups in total. The smallest absolute Gasteiger partial charge is 0.122 e. The van der Waals surface area contributed by atoms with Crippen LogP contribution in [0.5, 0.6) is 5.75 Å². The first-order valence-corrected chi connectivity index (χ1v) is 7.67. The van der Waals surface area contributed by atoms with E-state index >= 15 is 0 Å². The Morgan fingerprint density at radius 3 is 2.95 bits per heavy atom. The van der Waals surface area contributed by atoms with Gasteiger partial charge in [-0.2, -0.15) is 0 Å². The van der Waals surface area contributed by atoms with Gasteiger partial charge in [0, 0.05) is 24.2 Å². The molecule has 3 rings (SSSR count). The molecule has 0 radical (unpaired) electrons. The standard InChI is InChI=1S/C16H24N2O3/c1-12-7-14(19-2)8-13(18-12)10-20-15-9-16(21-11-15)3-5-17-6-4-16/h7-8,15,17H,3-6,9-11H2,1-2H3. The molecule has 5 heteroatoms. The molecule has 1 aromatic heterocycles. The van der Waals surface area contributed by atoms with E-state index in [0.29, 0.717) is 13.2 Å². The van der Waals surface area contributed by atoms with Crippen molar-refractivity contribution in [1.82, 2.24) is 10.3 Å². The lowest BCUT2D eigenvalue weighted by Gasteiger charge is -2.32. The minimum Gasteiger partial charge on any atom is -0.497 e. The monoisotopic (exact) mass is 292 g/mol. The lowest BCUT2D eigenvalue weighted by atomic mass is 9.89. The van der Waals surface area contributed by atoms with E-state index in [1.807, 2.05) is 19.1 Å². The van der Waals surface area contributed by atoms with Crippen molar-refractivity contribution >= 4 is 0 Å². The molecule has 2 aliphatic rings. The van der Waals surface area contributed by atoms with Gasteiger partial charge in [0.05, 0.1) is 37.7 Å². The molecule has 0 aromatic carbocycles. The van der Waals surface area contributed by atoms with Gasteiger partial charge in [-0.05, 0) is 32.9 Å². The number of methoxy groups -OCH3 is 1. The van der Waals surface area contributed by atoms with E-state index in [9.17, 15) is 0 Å². The Hall–Kier alpha value is -1.17. The largest absolute Gasteiger partial charge is 0.497 e. The lowest BCUT2D eigenvalue weighted by molar-refractivity contribution is -0.0242. The van der Waals surface area contributed by atoms with E-state index in [2.05, 4.69) is 10.3 Å². The molecule has 2 fully saturated rings. The Bertz CT molecular complexity index is 486. The van der Waals surface area contributed by atoms with E-state index in [4.69, 9.17) is 14.2 Å². The van der Waals surface area contributed by atoms with E-state index in [-0.39, 0.29) is 11.7 Å². The molecule has 5 nitrogen and oxygen atoms in total. The van der Waals surface area contributed by atoms with Gasteiger partial charge in [-0.15, -0.1) is 0 Å². The van der Waals surface area contributed by atoms with Crippen LogP contribution in [0.15, 0.2) is 12.1 Å². The predicted octanol–water partition coefficient (Wildman–Crippen LogP) is 1.83. The van der Waals surface area contributed by atoms with Crippen LogP contribution >= 0.6 is 0 Å². The second kappa shape index (κ2) is 6.30. The van der Waals surface area contributed by atoms with Crippen LogP contribution in [0, 0.1) is 6.92 Å².